The number of hydrogen-bond donors (Lipinski definition) is 0. The fraction of sp³-hybridized carbons (Fsp3) is 0.481. The van der Waals surface area contributed by atoms with E-state index in [2.05, 4.69) is 125 Å². The molecular formula is C54H64Cl2Zr. The van der Waals surface area contributed by atoms with Crippen molar-refractivity contribution in [1.82, 2.24) is 0 Å². The van der Waals surface area contributed by atoms with Crippen molar-refractivity contribution in [3.8, 4) is 22.3 Å². The smallest absolute Gasteiger partial charge is 1.00 e. The molecule has 4 unspecified atom stereocenters. The Hall–Kier alpha value is -2.18. The van der Waals surface area contributed by atoms with Gasteiger partial charge in [0.2, 0.25) is 0 Å². The van der Waals surface area contributed by atoms with Crippen LogP contribution in [0.4, 0.5) is 0 Å². The first-order valence-corrected chi connectivity index (χ1v) is 28.5. The Morgan fingerprint density at radius 1 is 0.439 bits per heavy atom. The number of benzene rings is 4. The molecule has 0 radical (unpaired) electrons. The number of hydrogen-bond acceptors (Lipinski definition) is 0. The average molecular weight is 875 g/mol. The van der Waals surface area contributed by atoms with Crippen LogP contribution < -0.4 is 24.8 Å². The van der Waals surface area contributed by atoms with Crippen LogP contribution in [0.3, 0.4) is 0 Å². The van der Waals surface area contributed by atoms with Crippen LogP contribution in [0.25, 0.3) is 34.4 Å². The van der Waals surface area contributed by atoms with Gasteiger partial charge in [-0.1, -0.05) is 0 Å². The largest absolute Gasteiger partial charge is 1.00 e. The summed E-state index contributed by atoms with van der Waals surface area (Å²) >= 11 is -3.18. The van der Waals surface area contributed by atoms with Crippen LogP contribution in [0.2, 0.25) is 7.25 Å². The van der Waals surface area contributed by atoms with Crippen molar-refractivity contribution in [2.24, 2.45) is 11.8 Å². The number of rotatable bonds is 8. The SMILES string of the molecule is CC(C)c1ccc(-c2cccc3c2C=C(C2CCCCC2)[CH]3[Zr+2]2([CH]3C(C4CCCCC4)=Cc4c(-c5ccc(C(C)C)cc5)cccc43)[CH]3CCCC[CH]32)cc1.[Cl-].[Cl-]. The predicted molar refractivity (Wildman–Crippen MR) is 232 cm³/mol. The van der Waals surface area contributed by atoms with Gasteiger partial charge in [0.1, 0.15) is 0 Å². The van der Waals surface area contributed by atoms with Crippen molar-refractivity contribution in [2.75, 3.05) is 0 Å². The second kappa shape index (κ2) is 17.1. The molecule has 3 heteroatoms. The van der Waals surface area contributed by atoms with Gasteiger partial charge in [-0.15, -0.1) is 0 Å². The molecule has 0 N–H and O–H groups in total. The van der Waals surface area contributed by atoms with Gasteiger partial charge in [-0.2, -0.15) is 0 Å². The van der Waals surface area contributed by atoms with E-state index in [9.17, 15) is 0 Å². The van der Waals surface area contributed by atoms with Crippen molar-refractivity contribution >= 4 is 12.2 Å². The summed E-state index contributed by atoms with van der Waals surface area (Å²) in [4.78, 5) is 0. The molecule has 1 aliphatic heterocycles. The molecule has 10 rings (SSSR count). The normalized spacial score (nSPS) is 25.7. The molecule has 0 nitrogen and oxygen atoms in total. The van der Waals surface area contributed by atoms with E-state index in [1.165, 1.54) is 123 Å². The third-order valence-corrected chi connectivity index (χ3v) is 32.9. The van der Waals surface area contributed by atoms with Crippen LogP contribution in [-0.4, -0.2) is 0 Å². The summed E-state index contributed by atoms with van der Waals surface area (Å²) in [5, 5.41) is 0. The Morgan fingerprint density at radius 3 is 1.18 bits per heavy atom. The van der Waals surface area contributed by atoms with Crippen LogP contribution in [0.15, 0.2) is 96.1 Å². The van der Waals surface area contributed by atoms with Gasteiger partial charge in [-0.3, -0.25) is 0 Å². The van der Waals surface area contributed by atoms with Crippen LogP contribution in [0.1, 0.15) is 170 Å². The Bertz CT molecular complexity index is 1950. The van der Waals surface area contributed by atoms with Gasteiger partial charge in [0.05, 0.1) is 0 Å². The van der Waals surface area contributed by atoms with Gasteiger partial charge in [0, 0.05) is 0 Å². The maximum absolute atomic E-state index is 3.18. The van der Waals surface area contributed by atoms with Gasteiger partial charge >= 0.3 is 340 Å². The predicted octanol–water partition coefficient (Wildman–Crippen LogP) is 10.3. The Balaban J connectivity index is 0.00000228. The number of halogens is 2. The fourth-order valence-electron chi connectivity index (χ4n) is 13.4. The molecule has 0 amide bonds. The third kappa shape index (κ3) is 7.09. The van der Waals surface area contributed by atoms with Crippen molar-refractivity contribution in [2.45, 2.75) is 144 Å². The van der Waals surface area contributed by atoms with E-state index in [0.717, 1.165) is 26.3 Å². The third-order valence-electron chi connectivity index (χ3n) is 16.1. The molecule has 0 spiro atoms. The Labute approximate surface area is 362 Å². The molecule has 298 valence electrons. The molecule has 3 saturated carbocycles. The van der Waals surface area contributed by atoms with Gasteiger partial charge in [-0.25, -0.2) is 0 Å². The molecule has 4 atom stereocenters. The van der Waals surface area contributed by atoms with E-state index in [1.807, 2.05) is 11.1 Å². The zero-order valence-electron chi connectivity index (χ0n) is 35.0. The summed E-state index contributed by atoms with van der Waals surface area (Å²) in [6, 6.07) is 34.6. The molecular weight excluding hydrogens is 811 g/mol. The van der Waals surface area contributed by atoms with Gasteiger partial charge in [-0.05, 0) is 0 Å². The molecule has 6 aliphatic rings. The molecule has 57 heavy (non-hydrogen) atoms. The molecule has 4 aromatic carbocycles. The molecule has 4 fully saturated rings. The van der Waals surface area contributed by atoms with Crippen LogP contribution >= 0.6 is 0 Å². The number of allylic oxidation sites excluding steroid dienone is 2. The fourth-order valence-corrected chi connectivity index (χ4v) is 36.7. The van der Waals surface area contributed by atoms with Gasteiger partial charge < -0.3 is 24.8 Å². The maximum atomic E-state index is 2.86. The Morgan fingerprint density at radius 2 is 0.807 bits per heavy atom. The summed E-state index contributed by atoms with van der Waals surface area (Å²) in [6.07, 6.45) is 25.9. The standard InChI is InChI=1S/2C24H27.C6H10.2ClH.Zr/c2*1-17(2)18-11-13-20(14-12-18)23-10-6-9-21-15-22(16-24(21)23)19-7-4-3-5-8-19;1-2-4-6-5-3-1;;;/h2*6,9-17,19H,3-5,7-8H2,1-2H3;1-2H,3-6H2;2*1H;/q;;;;;+2/p-2. The second-order valence-electron chi connectivity index (χ2n) is 19.5. The quantitative estimate of drug-likeness (QED) is 0.166. The van der Waals surface area contributed by atoms with Crippen molar-refractivity contribution in [3.63, 3.8) is 0 Å². The van der Waals surface area contributed by atoms with Gasteiger partial charge in [0.25, 0.3) is 0 Å². The van der Waals surface area contributed by atoms with E-state index in [0.29, 0.717) is 11.8 Å². The molecule has 1 saturated heterocycles. The van der Waals surface area contributed by atoms with Crippen LogP contribution in [0, 0.1) is 11.8 Å². The minimum absolute atomic E-state index is 0. The van der Waals surface area contributed by atoms with Crippen molar-refractivity contribution in [1.29, 1.82) is 0 Å². The molecule has 0 aromatic heterocycles. The first-order chi connectivity index (χ1) is 26.9. The molecule has 5 aliphatic carbocycles. The minimum Gasteiger partial charge on any atom is -1.00 e. The van der Waals surface area contributed by atoms with E-state index >= 15 is 0 Å². The summed E-state index contributed by atoms with van der Waals surface area (Å²) in [5.41, 5.74) is 19.4. The average Bonchev–Trinajstić information content (AvgIpc) is 3.49. The van der Waals surface area contributed by atoms with Crippen molar-refractivity contribution < 1.29 is 45.1 Å². The van der Waals surface area contributed by atoms with E-state index in [-0.39, 0.29) is 24.8 Å². The summed E-state index contributed by atoms with van der Waals surface area (Å²) in [6.45, 7) is 9.29. The van der Waals surface area contributed by atoms with Crippen molar-refractivity contribution in [3.05, 3.63) is 129 Å². The zero-order chi connectivity index (χ0) is 37.3. The van der Waals surface area contributed by atoms with E-state index in [1.54, 1.807) is 22.3 Å². The summed E-state index contributed by atoms with van der Waals surface area (Å²) in [7, 11) is 0. The maximum Gasteiger partial charge on any atom is -1.00 e. The molecule has 4 aromatic rings. The zero-order valence-corrected chi connectivity index (χ0v) is 39.0. The summed E-state index contributed by atoms with van der Waals surface area (Å²) in [5.74, 6) is 2.66. The summed E-state index contributed by atoms with van der Waals surface area (Å²) < 4.78 is 3.51. The first kappa shape index (κ1) is 41.6. The molecule has 0 bridgehead atoms. The monoisotopic (exact) mass is 872 g/mol. The first-order valence-electron chi connectivity index (χ1n) is 22.8. The molecule has 1 heterocycles. The van der Waals surface area contributed by atoms with Gasteiger partial charge in [0.15, 0.2) is 0 Å². The topological polar surface area (TPSA) is 0 Å². The number of fused-ring (bicyclic) bond motifs is 3. The second-order valence-corrected chi connectivity index (χ2v) is 30.9. The Kier molecular flexibility index (Phi) is 12.4. The van der Waals surface area contributed by atoms with Crippen LogP contribution in [-0.2, 0) is 20.3 Å². The van der Waals surface area contributed by atoms with Crippen LogP contribution in [0.5, 0.6) is 0 Å². The van der Waals surface area contributed by atoms with E-state index in [4.69, 9.17) is 0 Å². The minimum atomic E-state index is -3.18. The van der Waals surface area contributed by atoms with E-state index < -0.39 is 20.3 Å².